The highest BCUT2D eigenvalue weighted by atomic mass is 16.3. The fourth-order valence-electron chi connectivity index (χ4n) is 3.74. The molecule has 29 heavy (non-hydrogen) atoms. The Bertz CT molecular complexity index is 1190. The normalized spacial score (nSPS) is 14.1. The Hall–Kier alpha value is -3.65. The number of hydrogen-bond acceptors (Lipinski definition) is 6. The minimum atomic E-state index is -0.163. The quantitative estimate of drug-likeness (QED) is 0.556. The molecule has 8 heteroatoms. The van der Waals surface area contributed by atoms with Crippen LogP contribution in [-0.4, -0.2) is 31.2 Å². The number of nitrogens with one attached hydrogen (secondary N) is 1. The highest BCUT2D eigenvalue weighted by Crippen LogP contribution is 2.26. The van der Waals surface area contributed by atoms with Gasteiger partial charge in [0, 0.05) is 37.8 Å². The van der Waals surface area contributed by atoms with Crippen LogP contribution in [0.15, 0.2) is 64.1 Å². The third-order valence-corrected chi connectivity index (χ3v) is 5.13. The maximum atomic E-state index is 12.3. The van der Waals surface area contributed by atoms with Crippen LogP contribution < -0.4 is 11.3 Å². The second-order valence-corrected chi connectivity index (χ2v) is 7.10. The van der Waals surface area contributed by atoms with Crippen molar-refractivity contribution in [2.45, 2.75) is 19.5 Å². The summed E-state index contributed by atoms with van der Waals surface area (Å²) in [6, 6.07) is 13.7. The van der Waals surface area contributed by atoms with Gasteiger partial charge in [0.2, 0.25) is 5.95 Å². The van der Waals surface area contributed by atoms with Crippen molar-refractivity contribution in [2.75, 3.05) is 12.3 Å². The summed E-state index contributed by atoms with van der Waals surface area (Å²) in [7, 11) is 0. The van der Waals surface area contributed by atoms with Gasteiger partial charge in [-0.25, -0.2) is 9.67 Å². The first-order chi connectivity index (χ1) is 14.2. The summed E-state index contributed by atoms with van der Waals surface area (Å²) in [6.07, 6.45) is 4.36. The van der Waals surface area contributed by atoms with Crippen LogP contribution >= 0.6 is 0 Å². The van der Waals surface area contributed by atoms with Crippen LogP contribution in [0.2, 0.25) is 0 Å². The number of fused-ring (bicyclic) bond motifs is 1. The molecule has 1 aromatic carbocycles. The van der Waals surface area contributed by atoms with E-state index in [1.54, 1.807) is 6.26 Å². The van der Waals surface area contributed by atoms with Crippen LogP contribution in [-0.2, 0) is 19.5 Å². The number of hydrogen-bond donors (Lipinski definition) is 2. The molecule has 0 spiro atoms. The number of anilines is 1. The van der Waals surface area contributed by atoms with Crippen LogP contribution in [0, 0.1) is 0 Å². The third-order valence-electron chi connectivity index (χ3n) is 5.13. The summed E-state index contributed by atoms with van der Waals surface area (Å²) in [5, 5.41) is 4.76. The molecule has 8 nitrogen and oxygen atoms in total. The molecular weight excluding hydrogens is 368 g/mol. The standard InChI is InChI=1S/C21H20N6O2/c22-21-23-17-8-9-26(13-16(17)20(28)24-21)11-14-12-27(15-5-2-1-3-6-15)25-19(14)18-7-4-10-29-18/h1-7,10,12H,8-9,11,13H2,(H3,22,23,24,28). The van der Waals surface area contributed by atoms with Crippen LogP contribution in [0.3, 0.4) is 0 Å². The van der Waals surface area contributed by atoms with Gasteiger partial charge in [-0.2, -0.15) is 5.10 Å². The van der Waals surface area contributed by atoms with Crippen LogP contribution in [0.5, 0.6) is 0 Å². The SMILES string of the molecule is Nc1nc2c(c(=O)[nH]1)CN(Cc1cn(-c3ccccc3)nc1-c1ccco1)CC2. The molecule has 4 heterocycles. The molecule has 0 aliphatic carbocycles. The van der Waals surface area contributed by atoms with Gasteiger partial charge in [-0.1, -0.05) is 18.2 Å². The van der Waals surface area contributed by atoms with Crippen molar-refractivity contribution in [1.82, 2.24) is 24.6 Å². The summed E-state index contributed by atoms with van der Waals surface area (Å²) in [4.78, 5) is 21.4. The molecule has 1 aliphatic rings. The van der Waals surface area contributed by atoms with Gasteiger partial charge in [0.05, 0.1) is 23.2 Å². The van der Waals surface area contributed by atoms with Gasteiger partial charge in [-0.15, -0.1) is 0 Å². The number of nitrogen functional groups attached to an aromatic ring is 1. The molecule has 0 atom stereocenters. The van der Waals surface area contributed by atoms with Gasteiger partial charge in [-0.05, 0) is 24.3 Å². The van der Waals surface area contributed by atoms with Gasteiger partial charge >= 0.3 is 0 Å². The number of para-hydroxylation sites is 1. The molecule has 146 valence electrons. The van der Waals surface area contributed by atoms with Crippen molar-refractivity contribution >= 4 is 5.95 Å². The monoisotopic (exact) mass is 388 g/mol. The molecule has 1 aliphatic heterocycles. The first-order valence-electron chi connectivity index (χ1n) is 9.45. The van der Waals surface area contributed by atoms with Crippen LogP contribution in [0.25, 0.3) is 17.1 Å². The van der Waals surface area contributed by atoms with Crippen molar-refractivity contribution in [3.05, 3.63) is 82.1 Å². The molecule has 3 N–H and O–H groups in total. The second-order valence-electron chi connectivity index (χ2n) is 7.10. The smallest absolute Gasteiger partial charge is 0.257 e. The second kappa shape index (κ2) is 7.06. The van der Waals surface area contributed by atoms with Crippen molar-refractivity contribution in [1.29, 1.82) is 0 Å². The number of nitrogens with zero attached hydrogens (tertiary/aromatic N) is 4. The summed E-state index contributed by atoms with van der Waals surface area (Å²) in [6.45, 7) is 1.95. The van der Waals surface area contributed by atoms with Gasteiger partial charge in [0.15, 0.2) is 5.76 Å². The molecular formula is C21H20N6O2. The maximum Gasteiger partial charge on any atom is 0.257 e. The molecule has 0 fully saturated rings. The summed E-state index contributed by atoms with van der Waals surface area (Å²) in [5.74, 6) is 0.894. The topological polar surface area (TPSA) is 106 Å². The molecule has 0 saturated carbocycles. The van der Waals surface area contributed by atoms with E-state index in [4.69, 9.17) is 15.2 Å². The summed E-state index contributed by atoms with van der Waals surface area (Å²) < 4.78 is 7.48. The molecule has 0 saturated heterocycles. The Morgan fingerprint density at radius 2 is 2.03 bits per heavy atom. The summed E-state index contributed by atoms with van der Waals surface area (Å²) >= 11 is 0. The number of H-pyrrole nitrogens is 1. The maximum absolute atomic E-state index is 12.3. The first-order valence-corrected chi connectivity index (χ1v) is 9.45. The number of furan rings is 1. The van der Waals surface area contributed by atoms with E-state index < -0.39 is 0 Å². The molecule has 0 amide bonds. The van der Waals surface area contributed by atoms with E-state index in [9.17, 15) is 4.79 Å². The lowest BCUT2D eigenvalue weighted by molar-refractivity contribution is 0.242. The predicted molar refractivity (Wildman–Crippen MR) is 108 cm³/mol. The van der Waals surface area contributed by atoms with Crippen molar-refractivity contribution in [3.63, 3.8) is 0 Å². The van der Waals surface area contributed by atoms with Crippen molar-refractivity contribution < 1.29 is 4.42 Å². The molecule has 3 aromatic heterocycles. The van der Waals surface area contributed by atoms with Gasteiger partial charge in [-0.3, -0.25) is 14.7 Å². The lowest BCUT2D eigenvalue weighted by Gasteiger charge is -2.27. The summed E-state index contributed by atoms with van der Waals surface area (Å²) in [5.41, 5.74) is 9.79. The molecule has 0 unspecified atom stereocenters. The minimum absolute atomic E-state index is 0.163. The fraction of sp³-hybridized carbons (Fsp3) is 0.190. The predicted octanol–water partition coefficient (Wildman–Crippen LogP) is 2.36. The zero-order chi connectivity index (χ0) is 19.8. The van der Waals surface area contributed by atoms with Gasteiger partial charge in [0.1, 0.15) is 5.69 Å². The van der Waals surface area contributed by atoms with E-state index in [2.05, 4.69) is 14.9 Å². The molecule has 4 aromatic rings. The zero-order valence-corrected chi connectivity index (χ0v) is 15.7. The minimum Gasteiger partial charge on any atom is -0.463 e. The van der Waals surface area contributed by atoms with E-state index >= 15 is 0 Å². The van der Waals surface area contributed by atoms with E-state index in [1.807, 2.05) is 53.3 Å². The van der Waals surface area contributed by atoms with E-state index in [0.717, 1.165) is 34.9 Å². The highest BCUT2D eigenvalue weighted by Gasteiger charge is 2.23. The lowest BCUT2D eigenvalue weighted by Crippen LogP contribution is -2.35. The van der Waals surface area contributed by atoms with Crippen molar-refractivity contribution in [3.8, 4) is 17.1 Å². The zero-order valence-electron chi connectivity index (χ0n) is 15.7. The molecule has 0 radical (unpaired) electrons. The third kappa shape index (κ3) is 3.34. The fourth-order valence-corrected chi connectivity index (χ4v) is 3.74. The van der Waals surface area contributed by atoms with Gasteiger partial charge in [0.25, 0.3) is 5.56 Å². The van der Waals surface area contributed by atoms with E-state index in [0.29, 0.717) is 25.1 Å². The number of rotatable bonds is 4. The Morgan fingerprint density at radius 1 is 1.17 bits per heavy atom. The number of nitrogens with two attached hydrogens (primary N) is 1. The largest absolute Gasteiger partial charge is 0.463 e. The Kier molecular flexibility index (Phi) is 4.25. The van der Waals surface area contributed by atoms with E-state index in [-0.39, 0.29) is 11.5 Å². The lowest BCUT2D eigenvalue weighted by atomic mass is 10.1. The Balaban J connectivity index is 1.48. The van der Waals surface area contributed by atoms with E-state index in [1.165, 1.54) is 0 Å². The van der Waals surface area contributed by atoms with Crippen LogP contribution in [0.4, 0.5) is 5.95 Å². The average molecular weight is 388 g/mol. The number of benzene rings is 1. The number of aromatic nitrogens is 4. The van der Waals surface area contributed by atoms with Crippen molar-refractivity contribution in [2.24, 2.45) is 0 Å². The van der Waals surface area contributed by atoms with Gasteiger partial charge < -0.3 is 10.2 Å². The molecule has 0 bridgehead atoms. The Morgan fingerprint density at radius 3 is 2.83 bits per heavy atom. The number of aromatic amines is 1. The Labute approximate surface area is 166 Å². The first kappa shape index (κ1) is 17.4. The highest BCUT2D eigenvalue weighted by molar-refractivity contribution is 5.57. The van der Waals surface area contributed by atoms with Crippen LogP contribution in [0.1, 0.15) is 16.8 Å². The average Bonchev–Trinajstić information content (AvgIpc) is 3.39. The molecule has 5 rings (SSSR count).